The normalized spacial score (nSPS) is 11.2. The van der Waals surface area contributed by atoms with Crippen LogP contribution in [0.5, 0.6) is 11.5 Å². The monoisotopic (exact) mass is 546 g/mol. The van der Waals surface area contributed by atoms with E-state index in [1.165, 1.54) is 16.8 Å². The molecule has 0 atom stereocenters. The average Bonchev–Trinajstić information content (AvgIpc) is 3.33. The Labute approximate surface area is 231 Å². The molecule has 4 aromatic rings. The summed E-state index contributed by atoms with van der Waals surface area (Å²) in [6.07, 6.45) is 1.60. The number of benzene rings is 2. The molecule has 0 radical (unpaired) electrons. The number of rotatable bonds is 8. The van der Waals surface area contributed by atoms with Gasteiger partial charge in [-0.3, -0.25) is 15.1 Å². The number of hydrogen-bond acceptors (Lipinski definition) is 6. The molecule has 0 fully saturated rings. The molecule has 0 saturated carbocycles. The predicted octanol–water partition coefficient (Wildman–Crippen LogP) is 5.17. The molecule has 0 aliphatic carbocycles. The molecule has 10 nitrogen and oxygen atoms in total. The molecule has 4 N–H and O–H groups in total. The highest BCUT2D eigenvalue weighted by molar-refractivity contribution is 5.99. The first-order valence-electron chi connectivity index (χ1n) is 12.6. The van der Waals surface area contributed by atoms with Gasteiger partial charge in [-0.25, -0.2) is 13.9 Å². The fraction of sp³-hybridized carbons (Fsp3) is 0.241. The number of amides is 3. The van der Waals surface area contributed by atoms with Gasteiger partial charge in [-0.1, -0.05) is 26.8 Å². The molecule has 0 unspecified atom stereocenters. The van der Waals surface area contributed by atoms with Gasteiger partial charge < -0.3 is 20.5 Å². The molecule has 4 rings (SSSR count). The van der Waals surface area contributed by atoms with Gasteiger partial charge in [0.15, 0.2) is 0 Å². The van der Waals surface area contributed by atoms with Crippen molar-refractivity contribution in [3.05, 3.63) is 89.6 Å². The van der Waals surface area contributed by atoms with Crippen LogP contribution in [0.3, 0.4) is 0 Å². The summed E-state index contributed by atoms with van der Waals surface area (Å²) in [5.74, 6) is 0.0778. The second-order valence-corrected chi connectivity index (χ2v) is 10.1. The van der Waals surface area contributed by atoms with Crippen LogP contribution in [-0.2, 0) is 5.41 Å². The molecule has 40 heavy (non-hydrogen) atoms. The summed E-state index contributed by atoms with van der Waals surface area (Å²) in [6.45, 7) is 7.71. The van der Waals surface area contributed by atoms with E-state index in [0.29, 0.717) is 28.5 Å². The minimum absolute atomic E-state index is 0.0413. The first-order valence-corrected chi connectivity index (χ1v) is 12.6. The van der Waals surface area contributed by atoms with Gasteiger partial charge in [-0.15, -0.1) is 0 Å². The molecular weight excluding hydrogens is 515 g/mol. The van der Waals surface area contributed by atoms with E-state index in [2.05, 4.69) is 26.0 Å². The number of aromatic nitrogens is 3. The van der Waals surface area contributed by atoms with Crippen molar-refractivity contribution in [1.82, 2.24) is 20.1 Å². The zero-order valence-electron chi connectivity index (χ0n) is 22.7. The zero-order valence-corrected chi connectivity index (χ0v) is 22.7. The van der Waals surface area contributed by atoms with E-state index in [-0.39, 0.29) is 35.9 Å². The Morgan fingerprint density at radius 2 is 1.80 bits per heavy atom. The summed E-state index contributed by atoms with van der Waals surface area (Å²) in [5.41, 5.74) is 1.96. The molecule has 0 spiro atoms. The number of aliphatic hydroxyl groups excluding tert-OH is 1. The number of nitrogens with zero attached hydrogens (tertiary/aromatic N) is 3. The summed E-state index contributed by atoms with van der Waals surface area (Å²) >= 11 is 0. The Morgan fingerprint density at radius 1 is 1.02 bits per heavy atom. The Kier molecular flexibility index (Phi) is 8.44. The van der Waals surface area contributed by atoms with E-state index >= 15 is 0 Å². The topological polar surface area (TPSA) is 130 Å². The van der Waals surface area contributed by atoms with Crippen LogP contribution in [0.1, 0.15) is 42.5 Å². The van der Waals surface area contributed by atoms with E-state index < -0.39 is 11.8 Å². The second kappa shape index (κ2) is 12.0. The minimum atomic E-state index is -0.684. The van der Waals surface area contributed by atoms with Crippen molar-refractivity contribution in [2.75, 3.05) is 23.8 Å². The lowest BCUT2D eigenvalue weighted by Crippen LogP contribution is -2.26. The number of anilines is 2. The van der Waals surface area contributed by atoms with E-state index in [1.807, 2.05) is 27.7 Å². The first kappa shape index (κ1) is 28.2. The van der Waals surface area contributed by atoms with E-state index in [4.69, 9.17) is 9.84 Å². The molecule has 2 aromatic heterocycles. The third-order valence-electron chi connectivity index (χ3n) is 5.76. The van der Waals surface area contributed by atoms with Crippen LogP contribution >= 0.6 is 0 Å². The number of nitrogens with one attached hydrogen (secondary N) is 3. The van der Waals surface area contributed by atoms with Crippen LogP contribution in [0, 0.1) is 12.7 Å². The molecule has 3 amide bonds. The van der Waals surface area contributed by atoms with Crippen molar-refractivity contribution >= 4 is 23.4 Å². The van der Waals surface area contributed by atoms with Gasteiger partial charge >= 0.3 is 6.03 Å². The highest BCUT2D eigenvalue weighted by atomic mass is 19.1. The van der Waals surface area contributed by atoms with E-state index in [1.54, 1.807) is 54.7 Å². The fourth-order valence-electron chi connectivity index (χ4n) is 3.73. The number of ether oxygens (including phenoxy) is 1. The molecule has 0 aliphatic heterocycles. The zero-order chi connectivity index (χ0) is 28.9. The van der Waals surface area contributed by atoms with Crippen molar-refractivity contribution < 1.29 is 23.8 Å². The lowest BCUT2D eigenvalue weighted by Gasteiger charge is -2.14. The summed E-state index contributed by atoms with van der Waals surface area (Å²) in [7, 11) is 0. The number of halogens is 1. The number of pyridine rings is 1. The number of urea groups is 1. The van der Waals surface area contributed by atoms with Gasteiger partial charge in [-0.2, -0.15) is 5.10 Å². The predicted molar refractivity (Wildman–Crippen MR) is 150 cm³/mol. The molecule has 208 valence electrons. The maximum absolute atomic E-state index is 14.8. The lowest BCUT2D eigenvalue weighted by molar-refractivity contribution is 0.0944. The minimum Gasteiger partial charge on any atom is -0.457 e. The summed E-state index contributed by atoms with van der Waals surface area (Å²) in [6, 6.07) is 15.3. The number of aryl methyl sites for hydroxylation is 1. The van der Waals surface area contributed by atoms with Gasteiger partial charge in [0.2, 0.25) is 0 Å². The molecule has 11 heteroatoms. The number of carbonyl (C=O) groups excluding carboxylic acids is 2. The van der Waals surface area contributed by atoms with Gasteiger partial charge in [0, 0.05) is 47.6 Å². The Balaban J connectivity index is 1.54. The van der Waals surface area contributed by atoms with Gasteiger partial charge in [-0.05, 0) is 43.3 Å². The van der Waals surface area contributed by atoms with Crippen molar-refractivity contribution in [3.63, 3.8) is 0 Å². The first-order chi connectivity index (χ1) is 19.0. The van der Waals surface area contributed by atoms with Crippen molar-refractivity contribution in [1.29, 1.82) is 0 Å². The Bertz CT molecular complexity index is 1530. The quantitative estimate of drug-likeness (QED) is 0.241. The van der Waals surface area contributed by atoms with Crippen LogP contribution in [0.25, 0.3) is 5.69 Å². The molecule has 0 saturated heterocycles. The van der Waals surface area contributed by atoms with Crippen LogP contribution in [0.2, 0.25) is 0 Å². The summed E-state index contributed by atoms with van der Waals surface area (Å²) in [4.78, 5) is 29.4. The number of hydrogen-bond donors (Lipinski definition) is 4. The van der Waals surface area contributed by atoms with Crippen LogP contribution in [-0.4, -0.2) is 45.0 Å². The van der Waals surface area contributed by atoms with Crippen molar-refractivity contribution in [3.8, 4) is 17.2 Å². The van der Waals surface area contributed by atoms with Gasteiger partial charge in [0.1, 0.15) is 23.1 Å². The van der Waals surface area contributed by atoms with Crippen LogP contribution < -0.4 is 20.7 Å². The smallest absolute Gasteiger partial charge is 0.324 e. The Morgan fingerprint density at radius 3 is 2.50 bits per heavy atom. The van der Waals surface area contributed by atoms with Crippen LogP contribution in [0.15, 0.2) is 66.9 Å². The maximum atomic E-state index is 14.8. The number of aliphatic hydroxyl groups is 1. The molecular formula is C29H31FN6O4. The standard InChI is InChI=1S/C29H31FN6O4/c1-18-14-22(10-11-31-18)40-21-8-9-24(23(30)16-21)33-28(39)34-26-17-25(29(2,3)4)35-36(26)20-7-5-6-19(15-20)27(38)32-12-13-37/h5-11,14-17,37H,12-13H2,1-4H3,(H,32,38)(H2,33,34,39). The second-order valence-electron chi connectivity index (χ2n) is 10.1. The van der Waals surface area contributed by atoms with Crippen molar-refractivity contribution in [2.45, 2.75) is 33.1 Å². The summed E-state index contributed by atoms with van der Waals surface area (Å²) < 4.78 is 22.0. The van der Waals surface area contributed by atoms with Crippen LogP contribution in [0.4, 0.5) is 20.7 Å². The van der Waals surface area contributed by atoms with E-state index in [0.717, 1.165) is 5.69 Å². The SMILES string of the molecule is Cc1cc(Oc2ccc(NC(=O)Nc3cc(C(C)(C)C)nn3-c3cccc(C(=O)NCCO)c3)c(F)c2)ccn1. The molecule has 0 bridgehead atoms. The Hall–Kier alpha value is -4.77. The van der Waals surface area contributed by atoms with Gasteiger partial charge in [0.05, 0.1) is 23.7 Å². The highest BCUT2D eigenvalue weighted by Crippen LogP contribution is 2.28. The third-order valence-corrected chi connectivity index (χ3v) is 5.76. The molecule has 2 aromatic carbocycles. The lowest BCUT2D eigenvalue weighted by atomic mass is 9.92. The van der Waals surface area contributed by atoms with E-state index in [9.17, 15) is 14.0 Å². The highest BCUT2D eigenvalue weighted by Gasteiger charge is 2.22. The van der Waals surface area contributed by atoms with Gasteiger partial charge in [0.25, 0.3) is 5.91 Å². The average molecular weight is 547 g/mol. The molecule has 0 aliphatic rings. The molecule has 2 heterocycles. The largest absolute Gasteiger partial charge is 0.457 e. The van der Waals surface area contributed by atoms with Crippen molar-refractivity contribution in [2.24, 2.45) is 0 Å². The summed E-state index contributed by atoms with van der Waals surface area (Å²) in [5, 5.41) is 21.5. The number of carbonyl (C=O) groups is 2. The fourth-order valence-corrected chi connectivity index (χ4v) is 3.73. The third kappa shape index (κ3) is 7.00. The maximum Gasteiger partial charge on any atom is 0.324 e.